The molecular formula is C8H6NNaO3S. The van der Waals surface area contributed by atoms with Crippen molar-refractivity contribution in [1.29, 1.82) is 5.26 Å². The van der Waals surface area contributed by atoms with Gasteiger partial charge in [0.2, 0.25) is 0 Å². The van der Waals surface area contributed by atoms with E-state index < -0.39 is 10.1 Å². The van der Waals surface area contributed by atoms with E-state index in [0.29, 0.717) is 5.56 Å². The van der Waals surface area contributed by atoms with E-state index in [1.165, 1.54) is 24.3 Å². The molecule has 1 aromatic rings. The fourth-order valence-corrected chi connectivity index (χ4v) is 1.33. The van der Waals surface area contributed by atoms with E-state index in [1.54, 1.807) is 0 Å². The Hall–Kier alpha value is -0.380. The minimum absolute atomic E-state index is 0. The molecule has 0 aliphatic carbocycles. The van der Waals surface area contributed by atoms with E-state index in [4.69, 9.17) is 5.26 Å². The predicted octanol–water partition coefficient (Wildman–Crippen LogP) is -2.34. The van der Waals surface area contributed by atoms with Crippen LogP contribution in [0.3, 0.4) is 0 Å². The van der Waals surface area contributed by atoms with Crippen LogP contribution in [0.25, 0.3) is 0 Å². The van der Waals surface area contributed by atoms with Crippen molar-refractivity contribution in [3.8, 4) is 6.07 Å². The van der Waals surface area contributed by atoms with E-state index in [0.717, 1.165) is 0 Å². The summed E-state index contributed by atoms with van der Waals surface area (Å²) in [4.78, 5) is -0.269. The summed E-state index contributed by atoms with van der Waals surface area (Å²) in [5, 5.41) is 8.32. The van der Waals surface area contributed by atoms with Gasteiger partial charge in [-0.05, 0) is 17.7 Å². The molecule has 6 heteroatoms. The molecule has 14 heavy (non-hydrogen) atoms. The Kier molecular flexibility index (Phi) is 5.34. The van der Waals surface area contributed by atoms with Crippen LogP contribution in [-0.2, 0) is 16.5 Å². The molecule has 0 bridgehead atoms. The molecule has 1 aromatic carbocycles. The fraction of sp³-hybridized carbons (Fsp3) is 0.125. The third kappa shape index (κ3) is 3.78. The van der Waals surface area contributed by atoms with Crippen molar-refractivity contribution in [2.45, 2.75) is 11.3 Å². The van der Waals surface area contributed by atoms with Crippen molar-refractivity contribution in [2.24, 2.45) is 0 Å². The average molecular weight is 219 g/mol. The van der Waals surface area contributed by atoms with Gasteiger partial charge in [0, 0.05) is 0 Å². The first-order valence-electron chi connectivity index (χ1n) is 3.46. The zero-order chi connectivity index (χ0) is 9.90. The molecule has 0 aliphatic heterocycles. The van der Waals surface area contributed by atoms with Gasteiger partial charge in [0.05, 0.1) is 17.4 Å². The summed E-state index contributed by atoms with van der Waals surface area (Å²) < 4.78 is 31.4. The maximum Gasteiger partial charge on any atom is 1.00 e. The summed E-state index contributed by atoms with van der Waals surface area (Å²) in [6.45, 7) is 0. The standard InChI is InChI=1S/C8H7NO3S.Na/c9-6-5-7-1-3-8(4-2-7)13(10,11)12;/h1-4H,5H2,(H,10,11,12);/q;+1/p-1. The molecule has 0 atom stereocenters. The van der Waals surface area contributed by atoms with Crippen LogP contribution >= 0.6 is 0 Å². The van der Waals surface area contributed by atoms with Gasteiger partial charge in [0.25, 0.3) is 0 Å². The quantitative estimate of drug-likeness (QED) is 0.412. The van der Waals surface area contributed by atoms with Crippen LogP contribution in [0.2, 0.25) is 0 Å². The van der Waals surface area contributed by atoms with Gasteiger partial charge in [-0.1, -0.05) is 12.1 Å². The first kappa shape index (κ1) is 13.6. The number of nitriles is 1. The zero-order valence-electron chi connectivity index (χ0n) is 7.60. The summed E-state index contributed by atoms with van der Waals surface area (Å²) in [5.41, 5.74) is 0.690. The molecule has 0 radical (unpaired) electrons. The Morgan fingerprint density at radius 2 is 1.79 bits per heavy atom. The molecule has 1 rings (SSSR count). The summed E-state index contributed by atoms with van der Waals surface area (Å²) in [6, 6.07) is 7.23. The second-order valence-electron chi connectivity index (χ2n) is 2.43. The Balaban J connectivity index is 0.00000169. The summed E-state index contributed by atoms with van der Waals surface area (Å²) in [5.74, 6) is 0. The average Bonchev–Trinajstić information content (AvgIpc) is 2.04. The number of hydrogen-bond donors (Lipinski definition) is 0. The van der Waals surface area contributed by atoms with Gasteiger partial charge < -0.3 is 4.55 Å². The molecule has 0 saturated heterocycles. The first-order chi connectivity index (χ1) is 6.04. The molecule has 0 saturated carbocycles. The van der Waals surface area contributed by atoms with Crippen LogP contribution in [0, 0.1) is 11.3 Å². The van der Waals surface area contributed by atoms with Gasteiger partial charge in [-0.25, -0.2) is 8.42 Å². The molecule has 0 spiro atoms. The SMILES string of the molecule is N#CCc1ccc(S(=O)(=O)[O-])cc1.[Na+]. The molecule has 0 aromatic heterocycles. The van der Waals surface area contributed by atoms with Crippen LogP contribution in [0.4, 0.5) is 0 Å². The largest absolute Gasteiger partial charge is 1.00 e. The Bertz CT molecular complexity index is 433. The van der Waals surface area contributed by atoms with E-state index in [1.807, 2.05) is 6.07 Å². The second-order valence-corrected chi connectivity index (χ2v) is 3.81. The summed E-state index contributed by atoms with van der Waals surface area (Å²) in [7, 11) is -4.37. The van der Waals surface area contributed by atoms with Gasteiger partial charge in [-0.3, -0.25) is 0 Å². The van der Waals surface area contributed by atoms with Gasteiger partial charge in [0.1, 0.15) is 10.1 Å². The van der Waals surface area contributed by atoms with Crippen LogP contribution in [0.5, 0.6) is 0 Å². The van der Waals surface area contributed by atoms with Crippen LogP contribution in [-0.4, -0.2) is 13.0 Å². The van der Waals surface area contributed by atoms with Crippen LogP contribution < -0.4 is 29.6 Å². The maximum atomic E-state index is 10.5. The zero-order valence-corrected chi connectivity index (χ0v) is 10.4. The van der Waals surface area contributed by atoms with Crippen molar-refractivity contribution in [2.75, 3.05) is 0 Å². The van der Waals surface area contributed by atoms with Crippen LogP contribution in [0.1, 0.15) is 5.56 Å². The monoisotopic (exact) mass is 219 g/mol. The third-order valence-electron chi connectivity index (χ3n) is 1.50. The molecule has 0 heterocycles. The molecule has 68 valence electrons. The van der Waals surface area contributed by atoms with Gasteiger partial charge in [-0.15, -0.1) is 0 Å². The molecule has 0 aliphatic rings. The Labute approximate surface area is 105 Å². The number of hydrogen-bond acceptors (Lipinski definition) is 4. The van der Waals surface area contributed by atoms with Gasteiger partial charge >= 0.3 is 29.6 Å². The van der Waals surface area contributed by atoms with Gasteiger partial charge in [-0.2, -0.15) is 5.26 Å². The fourth-order valence-electron chi connectivity index (χ4n) is 0.865. The molecule has 0 N–H and O–H groups in total. The number of rotatable bonds is 2. The van der Waals surface area contributed by atoms with E-state index in [-0.39, 0.29) is 40.9 Å². The van der Waals surface area contributed by atoms with Gasteiger partial charge in [0.15, 0.2) is 0 Å². The number of benzene rings is 1. The van der Waals surface area contributed by atoms with E-state index >= 15 is 0 Å². The Morgan fingerprint density at radius 3 is 2.14 bits per heavy atom. The normalized spacial score (nSPS) is 10.0. The predicted molar refractivity (Wildman–Crippen MR) is 43.7 cm³/mol. The van der Waals surface area contributed by atoms with Crippen molar-refractivity contribution in [3.05, 3.63) is 29.8 Å². The van der Waals surface area contributed by atoms with Crippen LogP contribution in [0.15, 0.2) is 29.2 Å². The molecule has 0 unspecified atom stereocenters. The maximum absolute atomic E-state index is 10.5. The molecular weight excluding hydrogens is 213 g/mol. The number of nitrogens with zero attached hydrogens (tertiary/aromatic N) is 1. The second kappa shape index (κ2) is 5.49. The van der Waals surface area contributed by atoms with Crippen molar-refractivity contribution < 1.29 is 42.5 Å². The molecule has 0 amide bonds. The van der Waals surface area contributed by atoms with E-state index in [9.17, 15) is 13.0 Å². The topological polar surface area (TPSA) is 81.0 Å². The van der Waals surface area contributed by atoms with Crippen molar-refractivity contribution in [1.82, 2.24) is 0 Å². The van der Waals surface area contributed by atoms with Crippen molar-refractivity contribution in [3.63, 3.8) is 0 Å². The summed E-state index contributed by atoms with van der Waals surface area (Å²) in [6.07, 6.45) is 0.208. The minimum Gasteiger partial charge on any atom is -0.744 e. The summed E-state index contributed by atoms with van der Waals surface area (Å²) >= 11 is 0. The first-order valence-corrected chi connectivity index (χ1v) is 4.86. The Morgan fingerprint density at radius 1 is 1.29 bits per heavy atom. The molecule has 4 nitrogen and oxygen atoms in total. The van der Waals surface area contributed by atoms with E-state index in [2.05, 4.69) is 0 Å². The minimum atomic E-state index is -4.37. The third-order valence-corrected chi connectivity index (χ3v) is 2.34. The molecule has 0 fully saturated rings. The smallest absolute Gasteiger partial charge is 0.744 e. The van der Waals surface area contributed by atoms with Crippen molar-refractivity contribution >= 4 is 10.1 Å².